The Hall–Kier alpha value is -4.57. The molecule has 0 bridgehead atoms. The second-order valence-corrected chi connectivity index (χ2v) is 28.7. The van der Waals surface area contributed by atoms with E-state index in [9.17, 15) is 43.5 Å². The summed E-state index contributed by atoms with van der Waals surface area (Å²) in [5.74, 6) is -1.62. The molecule has 0 aromatic rings. The number of allylic oxidation sites excluding steroid dienone is 24. The number of aliphatic hydroxyl groups excluding tert-OH is 2. The zero-order chi connectivity index (χ0) is 73.7. The molecule has 0 rings (SSSR count). The SMILES string of the molecule is CC/C=C\C/C=C\C/C=C\C/C=C\C/C=C\CCCCCCCC(=O)OCC(COP(=O)(O)OCC(O)COP(=O)(O)OCC(O)COC(=O)CCCCCCCCCCC/C=C\C/C=C\C/C=C\C/C=C\CCCCC)OC(=O)CCCCCCCC/C=C\C/C=C\C/C=C\CCCCC. The molecule has 5 atom stereocenters. The zero-order valence-corrected chi connectivity index (χ0v) is 64.8. The van der Waals surface area contributed by atoms with Gasteiger partial charge in [-0.25, -0.2) is 9.13 Å². The van der Waals surface area contributed by atoms with Crippen LogP contribution in [0.4, 0.5) is 0 Å². The summed E-state index contributed by atoms with van der Waals surface area (Å²) >= 11 is 0. The van der Waals surface area contributed by atoms with E-state index in [-0.39, 0.29) is 19.3 Å². The minimum absolute atomic E-state index is 0.0807. The average molecular weight is 1460 g/mol. The Labute approximate surface area is 613 Å². The average Bonchev–Trinajstić information content (AvgIpc) is 0.970. The number of phosphoric ester groups is 2. The van der Waals surface area contributed by atoms with Crippen molar-refractivity contribution in [1.29, 1.82) is 0 Å². The third-order valence-electron chi connectivity index (χ3n) is 16.0. The van der Waals surface area contributed by atoms with Crippen LogP contribution < -0.4 is 0 Å². The summed E-state index contributed by atoms with van der Waals surface area (Å²) in [5, 5.41) is 20.6. The van der Waals surface area contributed by atoms with Crippen molar-refractivity contribution in [2.24, 2.45) is 0 Å². The van der Waals surface area contributed by atoms with Gasteiger partial charge in [-0.3, -0.25) is 32.5 Å². The molecule has 0 fully saturated rings. The third-order valence-corrected chi connectivity index (χ3v) is 17.9. The molecule has 0 radical (unpaired) electrons. The monoisotopic (exact) mass is 1450 g/mol. The van der Waals surface area contributed by atoms with Gasteiger partial charge in [-0.05, 0) is 148 Å². The van der Waals surface area contributed by atoms with Crippen LogP contribution in [0.5, 0.6) is 0 Å². The standard InChI is InChI=1S/C83H140O16P2/c1-4-7-10-13-16-19-22-25-28-31-34-36-37-38-39-41-44-45-48-51-54-57-60-63-66-69-81(86)93-72-78(84)73-95-100(89,90)96-74-79(85)75-97-101(91,92)98-77-80(99-83(88)71-68-65-62-59-56-53-50-47-42-33-30-27-24-21-18-15-12-9-6-3)76-94-82(87)70-67-64-61-58-55-52-49-46-43-40-35-32-29-26-23-20-17-14-11-8-5-2/h8,11,16-21,25-30,34-36,38-40,42,46-47,49,78-80,84-85H,4-7,9-10,12-15,22-24,31-33,37,41,43-45,48,50-77H2,1-3H3,(H,89,90)(H,91,92)/b11-8-,19-16-,20-17-,21-18-,28-25-,29-26-,30-27-,36-34-,39-38-,40-35-,47-42-,49-46-. The van der Waals surface area contributed by atoms with Crippen molar-refractivity contribution in [3.05, 3.63) is 146 Å². The minimum atomic E-state index is -4.95. The fourth-order valence-electron chi connectivity index (χ4n) is 10.1. The predicted octanol–water partition coefficient (Wildman–Crippen LogP) is 22.9. The summed E-state index contributed by atoms with van der Waals surface area (Å²) < 4.78 is 61.1. The molecule has 0 spiro atoms. The molecule has 578 valence electrons. The number of ether oxygens (including phenoxy) is 3. The first-order valence-corrected chi connectivity index (χ1v) is 42.1. The summed E-state index contributed by atoms with van der Waals surface area (Å²) in [6.07, 6.45) is 91.6. The Morgan fingerprint density at radius 1 is 0.287 bits per heavy atom. The van der Waals surface area contributed by atoms with Gasteiger partial charge < -0.3 is 34.2 Å². The lowest BCUT2D eigenvalue weighted by Gasteiger charge is -2.21. The third kappa shape index (κ3) is 76.4. The van der Waals surface area contributed by atoms with Gasteiger partial charge in [0.25, 0.3) is 0 Å². The Morgan fingerprint density at radius 3 is 0.832 bits per heavy atom. The quantitative estimate of drug-likeness (QED) is 0.0146. The van der Waals surface area contributed by atoms with E-state index in [1.807, 2.05) is 0 Å². The summed E-state index contributed by atoms with van der Waals surface area (Å²) in [6, 6.07) is 0. The molecule has 0 amide bonds. The van der Waals surface area contributed by atoms with Crippen LogP contribution in [0.15, 0.2) is 146 Å². The molecule has 0 saturated heterocycles. The summed E-state index contributed by atoms with van der Waals surface area (Å²) in [4.78, 5) is 58.7. The molecule has 0 saturated carbocycles. The number of rotatable bonds is 73. The molecule has 0 heterocycles. The van der Waals surface area contributed by atoms with E-state index in [1.54, 1.807) is 0 Å². The van der Waals surface area contributed by atoms with Crippen LogP contribution in [-0.4, -0.2) is 95.9 Å². The van der Waals surface area contributed by atoms with Crippen molar-refractivity contribution in [2.75, 3.05) is 39.6 Å². The fourth-order valence-corrected chi connectivity index (χ4v) is 11.6. The summed E-state index contributed by atoms with van der Waals surface area (Å²) in [7, 11) is -9.81. The normalized spacial score (nSPS) is 14.8. The summed E-state index contributed by atoms with van der Waals surface area (Å²) in [5.41, 5.74) is 0. The highest BCUT2D eigenvalue weighted by atomic mass is 31.2. The predicted molar refractivity (Wildman–Crippen MR) is 417 cm³/mol. The molecule has 0 aromatic heterocycles. The van der Waals surface area contributed by atoms with E-state index < -0.39 is 91.5 Å². The Bertz CT molecular complexity index is 2420. The highest BCUT2D eigenvalue weighted by Crippen LogP contribution is 2.45. The fraction of sp³-hybridized carbons (Fsp3) is 0.675. The number of carbonyl (C=O) groups is 3. The van der Waals surface area contributed by atoms with Crippen molar-refractivity contribution in [3.63, 3.8) is 0 Å². The second-order valence-electron chi connectivity index (χ2n) is 25.8. The van der Waals surface area contributed by atoms with Crippen molar-refractivity contribution in [1.82, 2.24) is 0 Å². The maximum Gasteiger partial charge on any atom is 0.472 e. The first-order valence-electron chi connectivity index (χ1n) is 39.1. The van der Waals surface area contributed by atoms with Gasteiger partial charge in [-0.15, -0.1) is 0 Å². The van der Waals surface area contributed by atoms with Gasteiger partial charge in [0.1, 0.15) is 25.4 Å². The van der Waals surface area contributed by atoms with Crippen molar-refractivity contribution < 1.29 is 75.8 Å². The Balaban J connectivity index is 4.69. The van der Waals surface area contributed by atoms with Gasteiger partial charge in [0.05, 0.1) is 26.4 Å². The van der Waals surface area contributed by atoms with E-state index in [1.165, 1.54) is 70.6 Å². The summed E-state index contributed by atoms with van der Waals surface area (Å²) in [6.45, 7) is 2.47. The molecule has 5 unspecified atom stereocenters. The van der Waals surface area contributed by atoms with E-state index in [0.29, 0.717) is 19.3 Å². The number of hydrogen-bond donors (Lipinski definition) is 4. The lowest BCUT2D eigenvalue weighted by atomic mass is 10.1. The maximum absolute atomic E-state index is 13.0. The molecule has 0 aromatic carbocycles. The van der Waals surface area contributed by atoms with Gasteiger partial charge in [0, 0.05) is 19.3 Å². The van der Waals surface area contributed by atoms with Crippen LogP contribution >= 0.6 is 15.6 Å². The number of unbranched alkanes of at least 4 members (excludes halogenated alkanes) is 26. The highest BCUT2D eigenvalue weighted by Gasteiger charge is 2.29. The highest BCUT2D eigenvalue weighted by molar-refractivity contribution is 7.47. The van der Waals surface area contributed by atoms with Gasteiger partial charge >= 0.3 is 33.6 Å². The lowest BCUT2D eigenvalue weighted by molar-refractivity contribution is -0.161. The van der Waals surface area contributed by atoms with Crippen LogP contribution in [0.2, 0.25) is 0 Å². The first kappa shape index (κ1) is 96.4. The molecular formula is C83H140O16P2. The van der Waals surface area contributed by atoms with Crippen LogP contribution in [0.1, 0.15) is 303 Å². The number of esters is 3. The molecule has 0 aliphatic heterocycles. The van der Waals surface area contributed by atoms with Crippen molar-refractivity contribution in [2.45, 2.75) is 322 Å². The molecular weight excluding hydrogens is 1310 g/mol. The topological polar surface area (TPSA) is 231 Å². The second kappa shape index (κ2) is 75.1. The van der Waals surface area contributed by atoms with Gasteiger partial charge in [0.15, 0.2) is 6.10 Å². The maximum atomic E-state index is 13.0. The Morgan fingerprint density at radius 2 is 0.525 bits per heavy atom. The van der Waals surface area contributed by atoms with Gasteiger partial charge in [-0.2, -0.15) is 0 Å². The minimum Gasteiger partial charge on any atom is -0.463 e. The van der Waals surface area contributed by atoms with Crippen LogP contribution in [0.3, 0.4) is 0 Å². The lowest BCUT2D eigenvalue weighted by Crippen LogP contribution is -2.30. The molecule has 16 nitrogen and oxygen atoms in total. The molecule has 0 aliphatic rings. The van der Waals surface area contributed by atoms with Crippen LogP contribution in [0.25, 0.3) is 0 Å². The van der Waals surface area contributed by atoms with E-state index in [2.05, 4.69) is 167 Å². The van der Waals surface area contributed by atoms with Crippen LogP contribution in [-0.2, 0) is 55.8 Å². The first-order chi connectivity index (χ1) is 49.2. The number of aliphatic hydroxyl groups is 2. The van der Waals surface area contributed by atoms with Gasteiger partial charge in [0.2, 0.25) is 0 Å². The molecule has 4 N–H and O–H groups in total. The van der Waals surface area contributed by atoms with Crippen LogP contribution in [0, 0.1) is 0 Å². The molecule has 18 heteroatoms. The van der Waals surface area contributed by atoms with E-state index >= 15 is 0 Å². The van der Waals surface area contributed by atoms with E-state index in [4.69, 9.17) is 32.3 Å². The van der Waals surface area contributed by atoms with Crippen molar-refractivity contribution >= 4 is 33.6 Å². The van der Waals surface area contributed by atoms with Crippen molar-refractivity contribution in [3.8, 4) is 0 Å². The number of carbonyl (C=O) groups excluding carboxylic acids is 3. The largest absolute Gasteiger partial charge is 0.472 e. The van der Waals surface area contributed by atoms with Gasteiger partial charge in [-0.1, -0.05) is 282 Å². The Kier molecular flexibility index (Phi) is 71.7. The molecule has 101 heavy (non-hydrogen) atoms. The number of phosphoric acid groups is 2. The number of hydrogen-bond acceptors (Lipinski definition) is 14. The zero-order valence-electron chi connectivity index (χ0n) is 63.0. The smallest absolute Gasteiger partial charge is 0.463 e. The van der Waals surface area contributed by atoms with E-state index in [0.717, 1.165) is 173 Å². The molecule has 0 aliphatic carbocycles.